The van der Waals surface area contributed by atoms with Crippen molar-refractivity contribution in [1.29, 1.82) is 0 Å². The number of rotatable bonds is 3. The Hall–Kier alpha value is -2.90. The lowest BCUT2D eigenvalue weighted by Gasteiger charge is -2.16. The number of aryl methyl sites for hydroxylation is 3. The summed E-state index contributed by atoms with van der Waals surface area (Å²) >= 11 is 0. The number of carbonyl (C=O) groups excluding carboxylic acids is 2. The second kappa shape index (κ2) is 6.54. The third kappa shape index (κ3) is 3.19. The molecule has 1 saturated heterocycles. The van der Waals surface area contributed by atoms with Gasteiger partial charge in [-0.1, -0.05) is 5.16 Å². The van der Waals surface area contributed by atoms with E-state index >= 15 is 0 Å². The average molecular weight is 344 g/mol. The highest BCUT2D eigenvalue weighted by Gasteiger charge is 2.23. The first kappa shape index (κ1) is 16.9. The monoisotopic (exact) mass is 344 g/mol. The number of pyridine rings is 1. The van der Waals surface area contributed by atoms with Crippen molar-refractivity contribution in [2.45, 2.75) is 26.7 Å². The van der Waals surface area contributed by atoms with E-state index < -0.39 is 11.5 Å². The number of likely N-dealkylation sites (tertiary alicyclic amines) is 1. The Kier molecular flexibility index (Phi) is 4.43. The summed E-state index contributed by atoms with van der Waals surface area (Å²) in [5.74, 6) is -0.254. The minimum Gasteiger partial charge on any atom is -0.361 e. The van der Waals surface area contributed by atoms with Crippen LogP contribution in [0.1, 0.15) is 45.0 Å². The first-order valence-corrected chi connectivity index (χ1v) is 8.12. The van der Waals surface area contributed by atoms with Gasteiger partial charge in [0, 0.05) is 26.3 Å². The zero-order valence-corrected chi connectivity index (χ0v) is 14.5. The van der Waals surface area contributed by atoms with Crippen LogP contribution in [0.3, 0.4) is 0 Å². The van der Waals surface area contributed by atoms with Crippen molar-refractivity contribution in [3.63, 3.8) is 0 Å². The molecule has 1 aliphatic heterocycles. The van der Waals surface area contributed by atoms with Gasteiger partial charge < -0.3 is 19.3 Å². The highest BCUT2D eigenvalue weighted by atomic mass is 16.5. The second-order valence-corrected chi connectivity index (χ2v) is 6.21. The van der Waals surface area contributed by atoms with Gasteiger partial charge in [0.2, 0.25) is 0 Å². The third-order valence-electron chi connectivity index (χ3n) is 4.33. The average Bonchev–Trinajstić information content (AvgIpc) is 3.21. The molecule has 0 unspecified atom stereocenters. The molecule has 0 radical (unpaired) electrons. The zero-order chi connectivity index (χ0) is 18.1. The number of amides is 2. The smallest absolute Gasteiger partial charge is 0.274 e. The number of nitrogens with zero attached hydrogens (tertiary/aromatic N) is 3. The second-order valence-electron chi connectivity index (χ2n) is 6.21. The van der Waals surface area contributed by atoms with Crippen LogP contribution in [0.2, 0.25) is 0 Å². The molecule has 2 aromatic heterocycles. The van der Waals surface area contributed by atoms with Crippen molar-refractivity contribution >= 4 is 17.5 Å². The van der Waals surface area contributed by atoms with Crippen LogP contribution in [0.25, 0.3) is 0 Å². The molecule has 1 N–H and O–H groups in total. The van der Waals surface area contributed by atoms with E-state index in [0.29, 0.717) is 35.7 Å². The van der Waals surface area contributed by atoms with E-state index in [2.05, 4.69) is 10.5 Å². The van der Waals surface area contributed by atoms with E-state index in [-0.39, 0.29) is 11.6 Å². The lowest BCUT2D eigenvalue weighted by molar-refractivity contribution is 0.0791. The van der Waals surface area contributed by atoms with E-state index in [0.717, 1.165) is 12.8 Å². The molecule has 0 aromatic carbocycles. The molecule has 132 valence electrons. The maximum Gasteiger partial charge on any atom is 0.274 e. The van der Waals surface area contributed by atoms with Crippen LogP contribution >= 0.6 is 0 Å². The van der Waals surface area contributed by atoms with Gasteiger partial charge in [-0.05, 0) is 32.8 Å². The topological polar surface area (TPSA) is 97.4 Å². The van der Waals surface area contributed by atoms with Crippen molar-refractivity contribution in [3.8, 4) is 0 Å². The molecular weight excluding hydrogens is 324 g/mol. The van der Waals surface area contributed by atoms with Crippen LogP contribution in [0.4, 0.5) is 5.69 Å². The number of anilines is 1. The fraction of sp³-hybridized carbons (Fsp3) is 0.412. The van der Waals surface area contributed by atoms with Crippen molar-refractivity contribution in [2.24, 2.45) is 7.05 Å². The Morgan fingerprint density at radius 3 is 2.52 bits per heavy atom. The molecule has 3 rings (SSSR count). The molecule has 0 bridgehead atoms. The SMILES string of the molecule is Cc1noc(C)c1C(=O)Nc1cc(C(=O)N2CCCC2)cn(C)c1=O. The minimum absolute atomic E-state index is 0.0533. The van der Waals surface area contributed by atoms with Gasteiger partial charge in [-0.3, -0.25) is 14.4 Å². The summed E-state index contributed by atoms with van der Waals surface area (Å²) < 4.78 is 6.28. The first-order chi connectivity index (χ1) is 11.9. The van der Waals surface area contributed by atoms with Crippen molar-refractivity contribution in [3.05, 3.63) is 45.2 Å². The predicted molar refractivity (Wildman–Crippen MR) is 90.8 cm³/mol. The zero-order valence-electron chi connectivity index (χ0n) is 14.5. The molecule has 8 heteroatoms. The van der Waals surface area contributed by atoms with Gasteiger partial charge in [0.05, 0.1) is 11.3 Å². The van der Waals surface area contributed by atoms with Gasteiger partial charge in [0.25, 0.3) is 17.4 Å². The molecule has 2 aromatic rings. The summed E-state index contributed by atoms with van der Waals surface area (Å²) in [6.45, 7) is 4.70. The van der Waals surface area contributed by atoms with Crippen LogP contribution in [0, 0.1) is 13.8 Å². The third-order valence-corrected chi connectivity index (χ3v) is 4.33. The molecule has 0 spiro atoms. The van der Waals surface area contributed by atoms with Gasteiger partial charge in [-0.15, -0.1) is 0 Å². The van der Waals surface area contributed by atoms with Crippen LogP contribution in [-0.4, -0.2) is 39.5 Å². The summed E-state index contributed by atoms with van der Waals surface area (Å²) in [5, 5.41) is 6.31. The summed E-state index contributed by atoms with van der Waals surface area (Å²) in [5.41, 5.74) is 0.767. The number of aromatic nitrogens is 2. The highest BCUT2D eigenvalue weighted by Crippen LogP contribution is 2.17. The van der Waals surface area contributed by atoms with E-state index in [1.165, 1.54) is 16.8 Å². The largest absolute Gasteiger partial charge is 0.361 e. The Morgan fingerprint density at radius 1 is 1.24 bits per heavy atom. The standard InChI is InChI=1S/C17H20N4O4/c1-10-14(11(2)25-19-10)15(22)18-13-8-12(9-20(3)17(13)24)16(23)21-6-4-5-7-21/h8-9H,4-7H2,1-3H3,(H,18,22). The van der Waals surface area contributed by atoms with Gasteiger partial charge in [-0.2, -0.15) is 0 Å². The van der Waals surface area contributed by atoms with Crippen LogP contribution < -0.4 is 10.9 Å². The summed E-state index contributed by atoms with van der Waals surface area (Å²) in [6.07, 6.45) is 3.45. The molecular formula is C17H20N4O4. The molecule has 1 aliphatic rings. The van der Waals surface area contributed by atoms with Gasteiger partial charge in [0.15, 0.2) is 0 Å². The van der Waals surface area contributed by atoms with Crippen molar-refractivity contribution in [1.82, 2.24) is 14.6 Å². The fourth-order valence-corrected chi connectivity index (χ4v) is 3.01. The van der Waals surface area contributed by atoms with Crippen LogP contribution in [0.5, 0.6) is 0 Å². The van der Waals surface area contributed by atoms with E-state index in [4.69, 9.17) is 4.52 Å². The normalized spacial score (nSPS) is 14.0. The Balaban J connectivity index is 1.92. The minimum atomic E-state index is -0.487. The van der Waals surface area contributed by atoms with Gasteiger partial charge in [0.1, 0.15) is 17.0 Å². The quantitative estimate of drug-likeness (QED) is 0.909. The molecule has 1 fully saturated rings. The summed E-state index contributed by atoms with van der Waals surface area (Å²) in [6, 6.07) is 1.43. The molecule has 8 nitrogen and oxygen atoms in total. The molecule has 0 saturated carbocycles. The van der Waals surface area contributed by atoms with E-state index in [1.807, 2.05) is 0 Å². The van der Waals surface area contributed by atoms with Crippen molar-refractivity contribution in [2.75, 3.05) is 18.4 Å². The van der Waals surface area contributed by atoms with Crippen LogP contribution in [0.15, 0.2) is 21.6 Å². The Morgan fingerprint density at radius 2 is 1.92 bits per heavy atom. The number of nitrogens with one attached hydrogen (secondary N) is 1. The number of carbonyl (C=O) groups is 2. The maximum atomic E-state index is 12.6. The molecule has 0 aliphatic carbocycles. The lowest BCUT2D eigenvalue weighted by Crippen LogP contribution is -2.31. The molecule has 0 atom stereocenters. The summed E-state index contributed by atoms with van der Waals surface area (Å²) in [7, 11) is 1.55. The lowest BCUT2D eigenvalue weighted by atomic mass is 10.2. The summed E-state index contributed by atoms with van der Waals surface area (Å²) in [4.78, 5) is 39.1. The molecule has 25 heavy (non-hydrogen) atoms. The maximum absolute atomic E-state index is 12.6. The molecule has 2 amide bonds. The number of hydrogen-bond acceptors (Lipinski definition) is 5. The first-order valence-electron chi connectivity index (χ1n) is 8.12. The Labute approximate surface area is 144 Å². The molecule has 3 heterocycles. The van der Waals surface area contributed by atoms with Crippen molar-refractivity contribution < 1.29 is 14.1 Å². The highest BCUT2D eigenvalue weighted by molar-refractivity contribution is 6.06. The fourth-order valence-electron chi connectivity index (χ4n) is 3.01. The predicted octanol–water partition coefficient (Wildman–Crippen LogP) is 1.48. The Bertz CT molecular complexity index is 871. The van der Waals surface area contributed by atoms with Gasteiger partial charge in [-0.25, -0.2) is 0 Å². The van der Waals surface area contributed by atoms with Crippen LogP contribution in [-0.2, 0) is 7.05 Å². The van der Waals surface area contributed by atoms with Gasteiger partial charge >= 0.3 is 0 Å². The van der Waals surface area contributed by atoms with E-state index in [9.17, 15) is 14.4 Å². The van der Waals surface area contributed by atoms with E-state index in [1.54, 1.807) is 25.8 Å². The number of hydrogen-bond donors (Lipinski definition) is 1.